The highest BCUT2D eigenvalue weighted by Crippen LogP contribution is 2.22. The van der Waals surface area contributed by atoms with Gasteiger partial charge in [0.05, 0.1) is 0 Å². The molecule has 0 aliphatic rings. The molecule has 2 rings (SSSR count). The molecule has 3 nitrogen and oxygen atoms in total. The van der Waals surface area contributed by atoms with Crippen LogP contribution in [-0.2, 0) is 0 Å². The van der Waals surface area contributed by atoms with Gasteiger partial charge in [0, 0.05) is 23.5 Å². The lowest BCUT2D eigenvalue weighted by molar-refractivity contribution is 0.112. The van der Waals surface area contributed by atoms with Gasteiger partial charge >= 0.3 is 0 Å². The zero-order chi connectivity index (χ0) is 12.4. The summed E-state index contributed by atoms with van der Waals surface area (Å²) in [6.07, 6.45) is 4.47. The van der Waals surface area contributed by atoms with Crippen LogP contribution in [0.2, 0.25) is 0 Å². The zero-order valence-corrected chi connectivity index (χ0v) is 10.2. The Morgan fingerprint density at radius 1 is 1.00 bits per heavy atom. The molecule has 0 saturated heterocycles. The lowest BCUT2D eigenvalue weighted by Gasteiger charge is -2.08. The van der Waals surface area contributed by atoms with Crippen molar-refractivity contribution in [3.05, 3.63) is 46.8 Å². The van der Waals surface area contributed by atoms with Gasteiger partial charge in [-0.15, -0.1) is 0 Å². The Morgan fingerprint density at radius 3 is 2.24 bits per heavy atom. The van der Waals surface area contributed by atoms with E-state index in [1.165, 1.54) is 0 Å². The molecule has 1 heterocycles. The zero-order valence-electron chi connectivity index (χ0n) is 10.2. The van der Waals surface area contributed by atoms with Crippen LogP contribution in [0, 0.1) is 20.8 Å². The molecular formula is C14H14N2O. The second kappa shape index (κ2) is 4.45. The number of rotatable bonds is 2. The number of nitrogens with zero attached hydrogens (tertiary/aromatic N) is 2. The predicted octanol–water partition coefficient (Wildman–Crippen LogP) is 2.88. The van der Waals surface area contributed by atoms with E-state index in [1.54, 1.807) is 12.4 Å². The van der Waals surface area contributed by atoms with Crippen LogP contribution in [0.4, 0.5) is 0 Å². The molecule has 0 amide bonds. The number of aldehydes is 1. The summed E-state index contributed by atoms with van der Waals surface area (Å²) in [6, 6.07) is 3.84. The molecule has 17 heavy (non-hydrogen) atoms. The smallest absolute Gasteiger partial charge is 0.159 e. The van der Waals surface area contributed by atoms with E-state index in [4.69, 9.17) is 0 Å². The molecule has 2 aromatic rings. The number of carbonyl (C=O) groups excluding carboxylic acids is 1. The molecule has 0 saturated carbocycles. The van der Waals surface area contributed by atoms with Gasteiger partial charge in [0.2, 0.25) is 0 Å². The standard InChI is InChI=1S/C14H14N2O/c1-9-6-15-14(16-7-9)13-5-10(2)12(8-17)4-11(13)3/h4-8H,1-3H3. The highest BCUT2D eigenvalue weighted by atomic mass is 16.1. The molecular weight excluding hydrogens is 212 g/mol. The van der Waals surface area contributed by atoms with E-state index in [2.05, 4.69) is 9.97 Å². The van der Waals surface area contributed by atoms with Crippen molar-refractivity contribution >= 4 is 6.29 Å². The van der Waals surface area contributed by atoms with Crippen molar-refractivity contribution < 1.29 is 4.79 Å². The molecule has 0 aliphatic heterocycles. The average molecular weight is 226 g/mol. The Hall–Kier alpha value is -2.03. The first-order valence-corrected chi connectivity index (χ1v) is 5.47. The topological polar surface area (TPSA) is 42.9 Å². The van der Waals surface area contributed by atoms with Crippen LogP contribution in [0.1, 0.15) is 27.0 Å². The lowest BCUT2D eigenvalue weighted by atomic mass is 10.00. The molecule has 3 heteroatoms. The van der Waals surface area contributed by atoms with Gasteiger partial charge in [0.25, 0.3) is 0 Å². The van der Waals surface area contributed by atoms with E-state index in [0.717, 1.165) is 34.1 Å². The second-order valence-electron chi connectivity index (χ2n) is 4.23. The van der Waals surface area contributed by atoms with Gasteiger partial charge in [0.15, 0.2) is 5.82 Å². The van der Waals surface area contributed by atoms with Crippen molar-refractivity contribution in [2.45, 2.75) is 20.8 Å². The predicted molar refractivity (Wildman–Crippen MR) is 67.1 cm³/mol. The number of aryl methyl sites for hydroxylation is 3. The first kappa shape index (κ1) is 11.5. The molecule has 0 N–H and O–H groups in total. The Bertz CT molecular complexity index is 559. The van der Waals surface area contributed by atoms with Crippen molar-refractivity contribution in [1.29, 1.82) is 0 Å². The average Bonchev–Trinajstić information content (AvgIpc) is 2.33. The van der Waals surface area contributed by atoms with E-state index in [-0.39, 0.29) is 0 Å². The third-order valence-corrected chi connectivity index (χ3v) is 2.76. The van der Waals surface area contributed by atoms with Crippen LogP contribution >= 0.6 is 0 Å². The molecule has 0 radical (unpaired) electrons. The summed E-state index contributed by atoms with van der Waals surface area (Å²) >= 11 is 0. The molecule has 0 spiro atoms. The maximum absolute atomic E-state index is 10.8. The SMILES string of the molecule is Cc1cnc(-c2cc(C)c(C=O)cc2C)nc1. The number of hydrogen-bond acceptors (Lipinski definition) is 3. The van der Waals surface area contributed by atoms with E-state index in [9.17, 15) is 4.79 Å². The van der Waals surface area contributed by atoms with E-state index in [1.807, 2.05) is 32.9 Å². The van der Waals surface area contributed by atoms with Crippen LogP contribution in [0.15, 0.2) is 24.5 Å². The van der Waals surface area contributed by atoms with E-state index in [0.29, 0.717) is 5.82 Å². The van der Waals surface area contributed by atoms with Crippen molar-refractivity contribution in [3.63, 3.8) is 0 Å². The second-order valence-corrected chi connectivity index (χ2v) is 4.23. The first-order chi connectivity index (χ1) is 8.11. The molecule has 0 fully saturated rings. The summed E-state index contributed by atoms with van der Waals surface area (Å²) in [5.74, 6) is 0.702. The maximum Gasteiger partial charge on any atom is 0.159 e. The highest BCUT2D eigenvalue weighted by molar-refractivity contribution is 5.80. The van der Waals surface area contributed by atoms with Crippen LogP contribution in [0.25, 0.3) is 11.4 Å². The Labute approximate surface area is 101 Å². The van der Waals surface area contributed by atoms with Crippen molar-refractivity contribution in [3.8, 4) is 11.4 Å². The number of hydrogen-bond donors (Lipinski definition) is 0. The molecule has 0 atom stereocenters. The van der Waals surface area contributed by atoms with Gasteiger partial charge in [-0.2, -0.15) is 0 Å². The third-order valence-electron chi connectivity index (χ3n) is 2.76. The molecule has 0 aliphatic carbocycles. The minimum absolute atomic E-state index is 0.702. The highest BCUT2D eigenvalue weighted by Gasteiger charge is 2.08. The van der Waals surface area contributed by atoms with Crippen LogP contribution in [0.5, 0.6) is 0 Å². The fourth-order valence-corrected chi connectivity index (χ4v) is 1.74. The Morgan fingerprint density at radius 2 is 1.65 bits per heavy atom. The molecule has 1 aromatic heterocycles. The minimum atomic E-state index is 0.702. The Balaban J connectivity index is 2.56. The number of benzene rings is 1. The third kappa shape index (κ3) is 2.23. The quantitative estimate of drug-likeness (QED) is 0.739. The summed E-state index contributed by atoms with van der Waals surface area (Å²) in [7, 11) is 0. The monoisotopic (exact) mass is 226 g/mol. The minimum Gasteiger partial charge on any atom is -0.298 e. The van der Waals surface area contributed by atoms with E-state index < -0.39 is 0 Å². The molecule has 86 valence electrons. The van der Waals surface area contributed by atoms with Crippen molar-refractivity contribution in [1.82, 2.24) is 9.97 Å². The largest absolute Gasteiger partial charge is 0.298 e. The Kier molecular flexibility index (Phi) is 3.00. The van der Waals surface area contributed by atoms with Gasteiger partial charge in [-0.25, -0.2) is 9.97 Å². The summed E-state index contributed by atoms with van der Waals surface area (Å²) in [5.41, 5.74) is 4.70. The fourth-order valence-electron chi connectivity index (χ4n) is 1.74. The molecule has 0 unspecified atom stereocenters. The maximum atomic E-state index is 10.8. The molecule has 1 aromatic carbocycles. The number of aromatic nitrogens is 2. The lowest BCUT2D eigenvalue weighted by Crippen LogP contribution is -1.95. The van der Waals surface area contributed by atoms with Crippen LogP contribution in [-0.4, -0.2) is 16.3 Å². The van der Waals surface area contributed by atoms with Crippen molar-refractivity contribution in [2.24, 2.45) is 0 Å². The van der Waals surface area contributed by atoms with Crippen molar-refractivity contribution in [2.75, 3.05) is 0 Å². The summed E-state index contributed by atoms with van der Waals surface area (Å²) in [4.78, 5) is 19.5. The van der Waals surface area contributed by atoms with Gasteiger partial charge in [-0.3, -0.25) is 4.79 Å². The van der Waals surface area contributed by atoms with Crippen LogP contribution in [0.3, 0.4) is 0 Å². The first-order valence-electron chi connectivity index (χ1n) is 5.47. The molecule has 0 bridgehead atoms. The number of carbonyl (C=O) groups is 1. The summed E-state index contributed by atoms with van der Waals surface area (Å²) in [5, 5.41) is 0. The van der Waals surface area contributed by atoms with Gasteiger partial charge in [-0.05, 0) is 49.6 Å². The summed E-state index contributed by atoms with van der Waals surface area (Å²) < 4.78 is 0. The van der Waals surface area contributed by atoms with Crippen LogP contribution < -0.4 is 0 Å². The fraction of sp³-hybridized carbons (Fsp3) is 0.214. The normalized spacial score (nSPS) is 10.3. The summed E-state index contributed by atoms with van der Waals surface area (Å²) in [6.45, 7) is 5.84. The van der Waals surface area contributed by atoms with Gasteiger partial charge in [0.1, 0.15) is 6.29 Å². The van der Waals surface area contributed by atoms with E-state index >= 15 is 0 Å². The van der Waals surface area contributed by atoms with Gasteiger partial charge < -0.3 is 0 Å². The van der Waals surface area contributed by atoms with Gasteiger partial charge in [-0.1, -0.05) is 0 Å².